The van der Waals surface area contributed by atoms with Crippen LogP contribution in [0.1, 0.15) is 31.2 Å². The van der Waals surface area contributed by atoms with Crippen LogP contribution in [0.4, 0.5) is 5.82 Å². The lowest BCUT2D eigenvalue weighted by Gasteiger charge is -2.32. The molecule has 0 spiro atoms. The van der Waals surface area contributed by atoms with Gasteiger partial charge in [-0.05, 0) is 43.4 Å². The van der Waals surface area contributed by atoms with E-state index in [1.54, 1.807) is 17.4 Å². The molecule has 0 aromatic carbocycles. The average molecular weight is 283 g/mol. The van der Waals surface area contributed by atoms with Crippen molar-refractivity contribution in [3.63, 3.8) is 0 Å². The summed E-state index contributed by atoms with van der Waals surface area (Å²) in [4.78, 5) is 4.19. The molecule has 1 aromatic rings. The SMILES string of the molecule is CCS(=O)(=O)N1CCCC(c2ccnc(NC)c2)C1. The third kappa shape index (κ3) is 3.25. The molecule has 0 radical (unpaired) electrons. The molecule has 1 aliphatic rings. The Balaban J connectivity index is 2.17. The quantitative estimate of drug-likeness (QED) is 0.912. The highest BCUT2D eigenvalue weighted by molar-refractivity contribution is 7.89. The highest BCUT2D eigenvalue weighted by Gasteiger charge is 2.28. The largest absolute Gasteiger partial charge is 0.373 e. The number of pyridine rings is 1. The van der Waals surface area contributed by atoms with Gasteiger partial charge in [0.1, 0.15) is 5.82 Å². The fourth-order valence-electron chi connectivity index (χ4n) is 2.49. The van der Waals surface area contributed by atoms with Crippen LogP contribution in [-0.4, -0.2) is 43.6 Å². The first-order valence-electron chi connectivity index (χ1n) is 6.68. The predicted octanol–water partition coefficient (Wildman–Crippen LogP) is 1.65. The van der Waals surface area contributed by atoms with Gasteiger partial charge in [0, 0.05) is 26.3 Å². The van der Waals surface area contributed by atoms with Gasteiger partial charge in [-0.15, -0.1) is 0 Å². The molecule has 1 atom stereocenters. The summed E-state index contributed by atoms with van der Waals surface area (Å²) < 4.78 is 25.5. The molecule has 5 nitrogen and oxygen atoms in total. The molecular weight excluding hydrogens is 262 g/mol. The fraction of sp³-hybridized carbons (Fsp3) is 0.615. The summed E-state index contributed by atoms with van der Waals surface area (Å²) in [6.45, 7) is 2.93. The van der Waals surface area contributed by atoms with Gasteiger partial charge in [-0.1, -0.05) is 0 Å². The van der Waals surface area contributed by atoms with Crippen molar-refractivity contribution in [3.8, 4) is 0 Å². The Morgan fingerprint density at radius 1 is 1.53 bits per heavy atom. The molecule has 1 aromatic heterocycles. The van der Waals surface area contributed by atoms with Crippen molar-refractivity contribution in [2.75, 3.05) is 31.2 Å². The van der Waals surface area contributed by atoms with E-state index in [1.807, 2.05) is 19.2 Å². The summed E-state index contributed by atoms with van der Waals surface area (Å²) in [5, 5.41) is 3.02. The minimum atomic E-state index is -3.08. The molecule has 1 N–H and O–H groups in total. The highest BCUT2D eigenvalue weighted by Crippen LogP contribution is 2.29. The van der Waals surface area contributed by atoms with E-state index in [0.717, 1.165) is 24.2 Å². The lowest BCUT2D eigenvalue weighted by Crippen LogP contribution is -2.39. The van der Waals surface area contributed by atoms with E-state index in [2.05, 4.69) is 10.3 Å². The number of anilines is 1. The summed E-state index contributed by atoms with van der Waals surface area (Å²) in [7, 11) is -1.24. The van der Waals surface area contributed by atoms with Crippen molar-refractivity contribution in [1.29, 1.82) is 0 Å². The lowest BCUT2D eigenvalue weighted by molar-refractivity contribution is 0.316. The van der Waals surface area contributed by atoms with E-state index in [4.69, 9.17) is 0 Å². The molecule has 2 heterocycles. The van der Waals surface area contributed by atoms with Gasteiger partial charge in [-0.3, -0.25) is 0 Å². The standard InChI is InChI=1S/C13H21N3O2S/c1-3-19(17,18)16-8-4-5-12(10-16)11-6-7-15-13(9-11)14-2/h6-7,9,12H,3-5,8,10H2,1-2H3,(H,14,15). The van der Waals surface area contributed by atoms with E-state index in [9.17, 15) is 8.42 Å². The Hall–Kier alpha value is -1.14. The topological polar surface area (TPSA) is 62.3 Å². The van der Waals surface area contributed by atoms with Crippen LogP contribution in [0.5, 0.6) is 0 Å². The third-order valence-corrected chi connectivity index (χ3v) is 5.50. The predicted molar refractivity (Wildman–Crippen MR) is 76.8 cm³/mol. The summed E-state index contributed by atoms with van der Waals surface area (Å²) in [6, 6.07) is 3.99. The molecule has 6 heteroatoms. The zero-order valence-corrected chi connectivity index (χ0v) is 12.3. The maximum Gasteiger partial charge on any atom is 0.213 e. The summed E-state index contributed by atoms with van der Waals surface area (Å²) in [6.07, 6.45) is 3.72. The first kappa shape index (κ1) is 14.3. The van der Waals surface area contributed by atoms with Crippen LogP contribution >= 0.6 is 0 Å². The Bertz CT molecular complexity index is 530. The second-order valence-electron chi connectivity index (χ2n) is 4.82. The van der Waals surface area contributed by atoms with Gasteiger partial charge in [0.05, 0.1) is 5.75 Å². The van der Waals surface area contributed by atoms with Gasteiger partial charge in [0.15, 0.2) is 0 Å². The van der Waals surface area contributed by atoms with E-state index in [1.165, 1.54) is 0 Å². The average Bonchev–Trinajstić information content (AvgIpc) is 2.47. The van der Waals surface area contributed by atoms with E-state index < -0.39 is 10.0 Å². The van der Waals surface area contributed by atoms with Crippen LogP contribution in [0.3, 0.4) is 0 Å². The zero-order chi connectivity index (χ0) is 13.9. The van der Waals surface area contributed by atoms with Crippen molar-refractivity contribution in [3.05, 3.63) is 23.9 Å². The number of aromatic nitrogens is 1. The summed E-state index contributed by atoms with van der Waals surface area (Å²) in [5.41, 5.74) is 1.16. The molecule has 0 saturated carbocycles. The van der Waals surface area contributed by atoms with Crippen LogP contribution in [0.15, 0.2) is 18.3 Å². The third-order valence-electron chi connectivity index (χ3n) is 3.65. The number of nitrogens with one attached hydrogen (secondary N) is 1. The first-order valence-corrected chi connectivity index (χ1v) is 8.29. The lowest BCUT2D eigenvalue weighted by atomic mass is 9.92. The highest BCUT2D eigenvalue weighted by atomic mass is 32.2. The van der Waals surface area contributed by atoms with Crippen LogP contribution in [-0.2, 0) is 10.0 Å². The van der Waals surface area contributed by atoms with Gasteiger partial charge in [-0.25, -0.2) is 17.7 Å². The summed E-state index contributed by atoms with van der Waals surface area (Å²) >= 11 is 0. The van der Waals surface area contributed by atoms with Crippen LogP contribution in [0.25, 0.3) is 0 Å². The van der Waals surface area contributed by atoms with Gasteiger partial charge in [-0.2, -0.15) is 0 Å². The van der Waals surface area contributed by atoms with E-state index in [0.29, 0.717) is 13.1 Å². The number of piperidine rings is 1. The molecule has 0 bridgehead atoms. The van der Waals surface area contributed by atoms with Crippen LogP contribution in [0, 0.1) is 0 Å². The van der Waals surface area contributed by atoms with E-state index in [-0.39, 0.29) is 11.7 Å². The van der Waals surface area contributed by atoms with Crippen LogP contribution < -0.4 is 5.32 Å². The smallest absolute Gasteiger partial charge is 0.213 e. The Morgan fingerprint density at radius 2 is 2.32 bits per heavy atom. The van der Waals surface area contributed by atoms with Crippen molar-refractivity contribution in [1.82, 2.24) is 9.29 Å². The molecule has 1 fully saturated rings. The van der Waals surface area contributed by atoms with Crippen molar-refractivity contribution < 1.29 is 8.42 Å². The fourth-order valence-corrected chi connectivity index (χ4v) is 3.67. The van der Waals surface area contributed by atoms with Gasteiger partial charge in [0.25, 0.3) is 0 Å². The molecule has 19 heavy (non-hydrogen) atoms. The zero-order valence-electron chi connectivity index (χ0n) is 11.5. The Morgan fingerprint density at radius 3 is 3.00 bits per heavy atom. The van der Waals surface area contributed by atoms with E-state index >= 15 is 0 Å². The molecule has 2 rings (SSSR count). The van der Waals surface area contributed by atoms with Gasteiger partial charge < -0.3 is 5.32 Å². The molecule has 0 aliphatic carbocycles. The van der Waals surface area contributed by atoms with Crippen molar-refractivity contribution in [2.45, 2.75) is 25.7 Å². The molecule has 1 unspecified atom stereocenters. The Kier molecular flexibility index (Phi) is 4.42. The maximum atomic E-state index is 12.0. The number of nitrogens with zero attached hydrogens (tertiary/aromatic N) is 2. The van der Waals surface area contributed by atoms with Gasteiger partial charge >= 0.3 is 0 Å². The minimum absolute atomic E-state index is 0.178. The van der Waals surface area contributed by atoms with Crippen molar-refractivity contribution in [2.24, 2.45) is 0 Å². The second-order valence-corrected chi connectivity index (χ2v) is 7.08. The van der Waals surface area contributed by atoms with Crippen molar-refractivity contribution >= 4 is 15.8 Å². The minimum Gasteiger partial charge on any atom is -0.373 e. The van der Waals surface area contributed by atoms with Crippen LogP contribution in [0.2, 0.25) is 0 Å². The molecule has 0 amide bonds. The molecule has 106 valence electrons. The normalized spacial score (nSPS) is 21.3. The number of rotatable bonds is 4. The Labute approximate surface area is 115 Å². The monoisotopic (exact) mass is 283 g/mol. The first-order chi connectivity index (χ1) is 9.06. The second kappa shape index (κ2) is 5.88. The number of hydrogen-bond donors (Lipinski definition) is 1. The number of sulfonamides is 1. The maximum absolute atomic E-state index is 12.0. The summed E-state index contributed by atoms with van der Waals surface area (Å²) in [5.74, 6) is 1.27. The molecular formula is C13H21N3O2S. The number of hydrogen-bond acceptors (Lipinski definition) is 4. The molecule has 1 saturated heterocycles. The van der Waals surface area contributed by atoms with Gasteiger partial charge in [0.2, 0.25) is 10.0 Å². The molecule has 1 aliphatic heterocycles.